The fourth-order valence-electron chi connectivity index (χ4n) is 1.22. The van der Waals surface area contributed by atoms with Crippen LogP contribution in [0.1, 0.15) is 32.6 Å². The SMILES string of the molecule is CCC(CCC(O)CO)CC(=O)O. The average molecular weight is 190 g/mol. The predicted molar refractivity (Wildman–Crippen MR) is 48.4 cm³/mol. The van der Waals surface area contributed by atoms with Gasteiger partial charge in [0, 0.05) is 6.42 Å². The maximum Gasteiger partial charge on any atom is 0.303 e. The van der Waals surface area contributed by atoms with E-state index >= 15 is 0 Å². The highest BCUT2D eigenvalue weighted by Crippen LogP contribution is 2.16. The first-order valence-electron chi connectivity index (χ1n) is 4.60. The molecule has 0 spiro atoms. The quantitative estimate of drug-likeness (QED) is 0.550. The molecule has 3 N–H and O–H groups in total. The number of carboxylic acids is 1. The minimum Gasteiger partial charge on any atom is -0.481 e. The van der Waals surface area contributed by atoms with Crippen molar-refractivity contribution in [3.8, 4) is 0 Å². The van der Waals surface area contributed by atoms with E-state index in [0.29, 0.717) is 12.8 Å². The van der Waals surface area contributed by atoms with Crippen molar-refractivity contribution in [2.75, 3.05) is 6.61 Å². The van der Waals surface area contributed by atoms with Gasteiger partial charge in [-0.25, -0.2) is 0 Å². The van der Waals surface area contributed by atoms with Gasteiger partial charge in [-0.2, -0.15) is 0 Å². The van der Waals surface area contributed by atoms with E-state index in [0.717, 1.165) is 6.42 Å². The van der Waals surface area contributed by atoms with Crippen LogP contribution in [0.5, 0.6) is 0 Å². The van der Waals surface area contributed by atoms with Gasteiger partial charge in [-0.3, -0.25) is 4.79 Å². The van der Waals surface area contributed by atoms with Gasteiger partial charge in [-0.05, 0) is 18.8 Å². The molecule has 0 amide bonds. The molecule has 0 bridgehead atoms. The van der Waals surface area contributed by atoms with Crippen LogP contribution in [-0.4, -0.2) is 34.0 Å². The Balaban J connectivity index is 3.65. The van der Waals surface area contributed by atoms with Crippen LogP contribution in [0.3, 0.4) is 0 Å². The number of rotatable bonds is 7. The number of hydrogen-bond acceptors (Lipinski definition) is 3. The second kappa shape index (κ2) is 6.86. The summed E-state index contributed by atoms with van der Waals surface area (Å²) in [5, 5.41) is 26.1. The highest BCUT2D eigenvalue weighted by Gasteiger charge is 2.12. The van der Waals surface area contributed by atoms with E-state index in [2.05, 4.69) is 0 Å². The van der Waals surface area contributed by atoms with Crippen molar-refractivity contribution in [3.63, 3.8) is 0 Å². The second-order valence-electron chi connectivity index (χ2n) is 3.29. The van der Waals surface area contributed by atoms with Crippen molar-refractivity contribution in [3.05, 3.63) is 0 Å². The van der Waals surface area contributed by atoms with Crippen LogP contribution in [0.2, 0.25) is 0 Å². The lowest BCUT2D eigenvalue weighted by Crippen LogP contribution is -2.15. The molecule has 0 heterocycles. The van der Waals surface area contributed by atoms with Gasteiger partial charge in [0.2, 0.25) is 0 Å². The van der Waals surface area contributed by atoms with Crippen molar-refractivity contribution >= 4 is 5.97 Å². The summed E-state index contributed by atoms with van der Waals surface area (Å²) in [4.78, 5) is 10.4. The molecule has 0 saturated heterocycles. The monoisotopic (exact) mass is 190 g/mol. The van der Waals surface area contributed by atoms with E-state index in [1.165, 1.54) is 0 Å². The third kappa shape index (κ3) is 6.54. The van der Waals surface area contributed by atoms with Gasteiger partial charge in [0.05, 0.1) is 12.7 Å². The molecule has 4 nitrogen and oxygen atoms in total. The van der Waals surface area contributed by atoms with Crippen LogP contribution in [0.15, 0.2) is 0 Å². The molecule has 0 aromatic heterocycles. The maximum atomic E-state index is 10.4. The molecule has 4 heteroatoms. The number of hydrogen-bond donors (Lipinski definition) is 3. The van der Waals surface area contributed by atoms with Gasteiger partial charge >= 0.3 is 5.97 Å². The molecule has 0 aliphatic carbocycles. The van der Waals surface area contributed by atoms with Gasteiger partial charge in [0.25, 0.3) is 0 Å². The Kier molecular flexibility index (Phi) is 6.54. The summed E-state index contributed by atoms with van der Waals surface area (Å²) < 4.78 is 0. The lowest BCUT2D eigenvalue weighted by Gasteiger charge is -2.13. The molecule has 0 fully saturated rings. The van der Waals surface area contributed by atoms with E-state index in [1.807, 2.05) is 6.92 Å². The highest BCUT2D eigenvalue weighted by molar-refractivity contribution is 5.66. The Bertz CT molecular complexity index is 147. The summed E-state index contributed by atoms with van der Waals surface area (Å²) in [6.07, 6.45) is 1.37. The Morgan fingerprint density at radius 2 is 2.00 bits per heavy atom. The molecule has 2 atom stereocenters. The number of aliphatic carboxylic acids is 1. The van der Waals surface area contributed by atoms with Gasteiger partial charge in [0.1, 0.15) is 0 Å². The summed E-state index contributed by atoms with van der Waals surface area (Å²) in [6.45, 7) is 1.68. The van der Waals surface area contributed by atoms with Crippen LogP contribution in [-0.2, 0) is 4.79 Å². The van der Waals surface area contributed by atoms with E-state index in [-0.39, 0.29) is 18.9 Å². The van der Waals surface area contributed by atoms with Gasteiger partial charge in [0.15, 0.2) is 0 Å². The molecule has 0 aliphatic heterocycles. The van der Waals surface area contributed by atoms with E-state index in [1.54, 1.807) is 0 Å². The molecule has 78 valence electrons. The fraction of sp³-hybridized carbons (Fsp3) is 0.889. The Hall–Kier alpha value is -0.610. The van der Waals surface area contributed by atoms with Crippen molar-refractivity contribution in [1.82, 2.24) is 0 Å². The van der Waals surface area contributed by atoms with Crippen molar-refractivity contribution in [2.45, 2.75) is 38.7 Å². The summed E-state index contributed by atoms with van der Waals surface area (Å²) in [7, 11) is 0. The van der Waals surface area contributed by atoms with Gasteiger partial charge in [-0.1, -0.05) is 13.3 Å². The van der Waals surface area contributed by atoms with Crippen LogP contribution in [0.25, 0.3) is 0 Å². The normalized spacial score (nSPS) is 15.3. The van der Waals surface area contributed by atoms with E-state index in [4.69, 9.17) is 15.3 Å². The topological polar surface area (TPSA) is 77.8 Å². The summed E-state index contributed by atoms with van der Waals surface area (Å²) in [5.41, 5.74) is 0. The molecular weight excluding hydrogens is 172 g/mol. The first-order chi connectivity index (χ1) is 6.10. The zero-order valence-corrected chi connectivity index (χ0v) is 7.94. The van der Waals surface area contributed by atoms with E-state index in [9.17, 15) is 4.79 Å². The molecule has 0 rings (SSSR count). The van der Waals surface area contributed by atoms with Crippen LogP contribution in [0, 0.1) is 5.92 Å². The Morgan fingerprint density at radius 3 is 2.38 bits per heavy atom. The summed E-state index contributed by atoms with van der Waals surface area (Å²) >= 11 is 0. The minimum atomic E-state index is -0.801. The van der Waals surface area contributed by atoms with Crippen LogP contribution < -0.4 is 0 Å². The second-order valence-corrected chi connectivity index (χ2v) is 3.29. The third-order valence-electron chi connectivity index (χ3n) is 2.16. The molecule has 0 aliphatic rings. The zero-order chi connectivity index (χ0) is 10.3. The molecule has 0 saturated carbocycles. The molecule has 13 heavy (non-hydrogen) atoms. The summed E-state index contributed by atoms with van der Waals surface area (Å²) in [6, 6.07) is 0. The lowest BCUT2D eigenvalue weighted by atomic mass is 9.95. The van der Waals surface area contributed by atoms with E-state index < -0.39 is 12.1 Å². The largest absolute Gasteiger partial charge is 0.481 e. The minimum absolute atomic E-state index is 0.110. The number of carbonyl (C=O) groups is 1. The summed E-state index contributed by atoms with van der Waals surface area (Å²) in [5.74, 6) is -0.691. The van der Waals surface area contributed by atoms with Gasteiger partial charge < -0.3 is 15.3 Å². The third-order valence-corrected chi connectivity index (χ3v) is 2.16. The van der Waals surface area contributed by atoms with Crippen LogP contribution >= 0.6 is 0 Å². The molecule has 0 aromatic carbocycles. The molecular formula is C9H18O4. The maximum absolute atomic E-state index is 10.4. The number of aliphatic hydroxyl groups is 2. The fourth-order valence-corrected chi connectivity index (χ4v) is 1.22. The van der Waals surface area contributed by atoms with Gasteiger partial charge in [-0.15, -0.1) is 0 Å². The average Bonchev–Trinajstić information content (AvgIpc) is 2.10. The lowest BCUT2D eigenvalue weighted by molar-refractivity contribution is -0.138. The first kappa shape index (κ1) is 12.4. The predicted octanol–water partition coefficient (Wildman–Crippen LogP) is 0.621. The van der Waals surface area contributed by atoms with Crippen molar-refractivity contribution in [2.24, 2.45) is 5.92 Å². The number of carboxylic acid groups (broad SMARTS) is 1. The zero-order valence-electron chi connectivity index (χ0n) is 7.94. The Morgan fingerprint density at radius 1 is 1.38 bits per heavy atom. The molecule has 2 unspecified atom stereocenters. The Labute approximate surface area is 78.2 Å². The highest BCUT2D eigenvalue weighted by atomic mass is 16.4. The van der Waals surface area contributed by atoms with Crippen LogP contribution in [0.4, 0.5) is 0 Å². The van der Waals surface area contributed by atoms with Crippen molar-refractivity contribution < 1.29 is 20.1 Å². The smallest absolute Gasteiger partial charge is 0.303 e. The number of aliphatic hydroxyl groups excluding tert-OH is 2. The molecule has 0 aromatic rings. The van der Waals surface area contributed by atoms with Crippen molar-refractivity contribution in [1.29, 1.82) is 0 Å². The standard InChI is InChI=1S/C9H18O4/c1-2-7(5-9(12)13)3-4-8(11)6-10/h7-8,10-11H,2-6H2,1H3,(H,12,13). The first-order valence-corrected chi connectivity index (χ1v) is 4.60. The molecule has 0 radical (unpaired) electrons.